The fraction of sp³-hybridized carbons (Fsp3) is 0.133. The van der Waals surface area contributed by atoms with Crippen molar-refractivity contribution in [1.29, 1.82) is 0 Å². The molecule has 0 amide bonds. The van der Waals surface area contributed by atoms with Crippen LogP contribution in [0.15, 0.2) is 48.5 Å². The molecule has 0 aromatic heterocycles. The number of benzene rings is 2. The zero-order valence-corrected chi connectivity index (χ0v) is 10.7. The standard InChI is InChI=1S/C15H16N2O2/c1-19-14-7-3-6-13(9-14)17-10-15(18)11-4-2-5-12(16)8-11/h2-9,17H,10,16H2,1H3. The van der Waals surface area contributed by atoms with Gasteiger partial charge in [-0.25, -0.2) is 0 Å². The number of ether oxygens (including phenoxy) is 1. The third-order valence-electron chi connectivity index (χ3n) is 2.73. The molecule has 2 rings (SSSR count). The first-order valence-corrected chi connectivity index (χ1v) is 5.96. The van der Waals surface area contributed by atoms with Crippen molar-refractivity contribution >= 4 is 17.2 Å². The smallest absolute Gasteiger partial charge is 0.181 e. The van der Waals surface area contributed by atoms with Gasteiger partial charge in [-0.05, 0) is 24.3 Å². The zero-order valence-electron chi connectivity index (χ0n) is 10.7. The second-order valence-corrected chi connectivity index (χ2v) is 4.13. The van der Waals surface area contributed by atoms with Gasteiger partial charge >= 0.3 is 0 Å². The van der Waals surface area contributed by atoms with Gasteiger partial charge in [0.25, 0.3) is 0 Å². The summed E-state index contributed by atoms with van der Waals surface area (Å²) in [6.45, 7) is 0.219. The predicted molar refractivity (Wildman–Crippen MR) is 76.7 cm³/mol. The highest BCUT2D eigenvalue weighted by molar-refractivity contribution is 5.99. The highest BCUT2D eigenvalue weighted by atomic mass is 16.5. The minimum absolute atomic E-state index is 0.00452. The van der Waals surface area contributed by atoms with Crippen LogP contribution in [-0.2, 0) is 0 Å². The van der Waals surface area contributed by atoms with E-state index in [0.717, 1.165) is 11.4 Å². The summed E-state index contributed by atoms with van der Waals surface area (Å²) >= 11 is 0. The average molecular weight is 256 g/mol. The molecular weight excluding hydrogens is 240 g/mol. The van der Waals surface area contributed by atoms with Crippen molar-refractivity contribution in [2.75, 3.05) is 24.7 Å². The predicted octanol–water partition coefficient (Wildman–Crippen LogP) is 2.57. The molecule has 0 saturated carbocycles. The lowest BCUT2D eigenvalue weighted by Crippen LogP contribution is -2.14. The summed E-state index contributed by atoms with van der Waals surface area (Å²) in [5, 5.41) is 3.07. The monoisotopic (exact) mass is 256 g/mol. The first kappa shape index (κ1) is 13.0. The van der Waals surface area contributed by atoms with Crippen LogP contribution in [0.5, 0.6) is 5.75 Å². The lowest BCUT2D eigenvalue weighted by molar-refractivity contribution is 0.101. The number of methoxy groups -OCH3 is 1. The molecule has 2 aromatic carbocycles. The molecule has 0 spiro atoms. The summed E-state index contributed by atoms with van der Waals surface area (Å²) in [4.78, 5) is 12.0. The molecule has 0 aliphatic rings. The summed E-state index contributed by atoms with van der Waals surface area (Å²) in [6.07, 6.45) is 0. The summed E-state index contributed by atoms with van der Waals surface area (Å²) in [5.41, 5.74) is 7.69. The van der Waals surface area contributed by atoms with Gasteiger partial charge in [0.15, 0.2) is 5.78 Å². The van der Waals surface area contributed by atoms with E-state index in [1.54, 1.807) is 31.4 Å². The molecule has 0 atom stereocenters. The van der Waals surface area contributed by atoms with Gasteiger partial charge in [-0.15, -0.1) is 0 Å². The van der Waals surface area contributed by atoms with Crippen LogP contribution in [0.2, 0.25) is 0 Å². The van der Waals surface area contributed by atoms with Crippen LogP contribution in [-0.4, -0.2) is 19.4 Å². The Balaban J connectivity index is 2.00. The SMILES string of the molecule is COc1cccc(NCC(=O)c2cccc(N)c2)c1. The van der Waals surface area contributed by atoms with Crippen LogP contribution in [0.1, 0.15) is 10.4 Å². The first-order chi connectivity index (χ1) is 9.19. The number of nitrogens with two attached hydrogens (primary N) is 1. The summed E-state index contributed by atoms with van der Waals surface area (Å²) in [5.74, 6) is 0.747. The second-order valence-electron chi connectivity index (χ2n) is 4.13. The molecule has 0 saturated heterocycles. The number of anilines is 2. The number of ketones is 1. The molecule has 4 heteroatoms. The average Bonchev–Trinajstić information content (AvgIpc) is 2.45. The van der Waals surface area contributed by atoms with Crippen molar-refractivity contribution in [3.8, 4) is 5.75 Å². The summed E-state index contributed by atoms with van der Waals surface area (Å²) in [7, 11) is 1.61. The van der Waals surface area contributed by atoms with Gasteiger partial charge in [-0.1, -0.05) is 18.2 Å². The zero-order chi connectivity index (χ0) is 13.7. The van der Waals surface area contributed by atoms with Crippen LogP contribution in [0.3, 0.4) is 0 Å². The Kier molecular flexibility index (Phi) is 4.03. The molecule has 0 bridgehead atoms. The quantitative estimate of drug-likeness (QED) is 0.637. The number of hydrogen-bond donors (Lipinski definition) is 2. The van der Waals surface area contributed by atoms with Gasteiger partial charge in [-0.2, -0.15) is 0 Å². The fourth-order valence-corrected chi connectivity index (χ4v) is 1.73. The number of hydrogen-bond acceptors (Lipinski definition) is 4. The number of rotatable bonds is 5. The van der Waals surface area contributed by atoms with Crippen LogP contribution >= 0.6 is 0 Å². The van der Waals surface area contributed by atoms with Crippen molar-refractivity contribution in [2.45, 2.75) is 0 Å². The van der Waals surface area contributed by atoms with E-state index in [2.05, 4.69) is 5.32 Å². The molecule has 19 heavy (non-hydrogen) atoms. The minimum Gasteiger partial charge on any atom is -0.497 e. The van der Waals surface area contributed by atoms with E-state index >= 15 is 0 Å². The van der Waals surface area contributed by atoms with Gasteiger partial charge in [-0.3, -0.25) is 4.79 Å². The van der Waals surface area contributed by atoms with E-state index in [1.165, 1.54) is 0 Å². The van der Waals surface area contributed by atoms with E-state index in [9.17, 15) is 4.79 Å². The van der Waals surface area contributed by atoms with Gasteiger partial charge in [0.1, 0.15) is 5.75 Å². The summed E-state index contributed by atoms with van der Waals surface area (Å²) < 4.78 is 5.12. The van der Waals surface area contributed by atoms with Gasteiger partial charge < -0.3 is 15.8 Å². The van der Waals surface area contributed by atoms with Crippen LogP contribution < -0.4 is 15.8 Å². The van der Waals surface area contributed by atoms with Crippen LogP contribution in [0, 0.1) is 0 Å². The Morgan fingerprint density at radius 3 is 2.74 bits per heavy atom. The number of nitrogen functional groups attached to an aromatic ring is 1. The van der Waals surface area contributed by atoms with E-state index in [1.807, 2.05) is 24.3 Å². The normalized spacial score (nSPS) is 9.95. The molecule has 3 N–H and O–H groups in total. The minimum atomic E-state index is -0.00452. The maximum absolute atomic E-state index is 12.0. The molecule has 0 radical (unpaired) electrons. The van der Waals surface area contributed by atoms with E-state index < -0.39 is 0 Å². The van der Waals surface area contributed by atoms with Gasteiger partial charge in [0, 0.05) is 23.0 Å². The Labute approximate surface area is 112 Å². The highest BCUT2D eigenvalue weighted by Crippen LogP contribution is 2.16. The third kappa shape index (κ3) is 3.48. The molecular formula is C15H16N2O2. The Bertz CT molecular complexity index is 582. The fourth-order valence-electron chi connectivity index (χ4n) is 1.73. The van der Waals surface area contributed by atoms with Crippen molar-refractivity contribution in [1.82, 2.24) is 0 Å². The lowest BCUT2D eigenvalue weighted by atomic mass is 10.1. The molecule has 4 nitrogen and oxygen atoms in total. The first-order valence-electron chi connectivity index (χ1n) is 5.96. The number of carbonyl (C=O) groups is 1. The summed E-state index contributed by atoms with van der Waals surface area (Å²) in [6, 6.07) is 14.4. The van der Waals surface area contributed by atoms with Crippen LogP contribution in [0.25, 0.3) is 0 Å². The molecule has 0 aliphatic carbocycles. The molecule has 2 aromatic rings. The van der Waals surface area contributed by atoms with E-state index in [0.29, 0.717) is 11.3 Å². The molecule has 0 fully saturated rings. The molecule has 0 unspecified atom stereocenters. The maximum Gasteiger partial charge on any atom is 0.181 e. The third-order valence-corrected chi connectivity index (χ3v) is 2.73. The molecule has 0 heterocycles. The van der Waals surface area contributed by atoms with E-state index in [-0.39, 0.29) is 12.3 Å². The van der Waals surface area contributed by atoms with Crippen molar-refractivity contribution in [3.05, 3.63) is 54.1 Å². The Hall–Kier alpha value is -2.49. The number of nitrogens with one attached hydrogen (secondary N) is 1. The maximum atomic E-state index is 12.0. The van der Waals surface area contributed by atoms with Crippen LogP contribution in [0.4, 0.5) is 11.4 Å². The molecule has 0 aliphatic heterocycles. The Morgan fingerprint density at radius 2 is 2.00 bits per heavy atom. The largest absolute Gasteiger partial charge is 0.497 e. The van der Waals surface area contributed by atoms with Crippen molar-refractivity contribution in [2.24, 2.45) is 0 Å². The van der Waals surface area contributed by atoms with Gasteiger partial charge in [0.2, 0.25) is 0 Å². The van der Waals surface area contributed by atoms with Gasteiger partial charge in [0.05, 0.1) is 13.7 Å². The van der Waals surface area contributed by atoms with Crippen molar-refractivity contribution in [3.63, 3.8) is 0 Å². The lowest BCUT2D eigenvalue weighted by Gasteiger charge is -2.07. The second kappa shape index (κ2) is 5.91. The van der Waals surface area contributed by atoms with Crippen molar-refractivity contribution < 1.29 is 9.53 Å². The topological polar surface area (TPSA) is 64.3 Å². The number of carbonyl (C=O) groups excluding carboxylic acids is 1. The highest BCUT2D eigenvalue weighted by Gasteiger charge is 2.05. The number of Topliss-reactive ketones (excluding diaryl/α,β-unsaturated/α-hetero) is 1. The van der Waals surface area contributed by atoms with E-state index in [4.69, 9.17) is 10.5 Å². The molecule has 98 valence electrons. The Morgan fingerprint density at radius 1 is 1.21 bits per heavy atom.